The first kappa shape index (κ1) is 13.0. The van der Waals surface area contributed by atoms with Crippen molar-refractivity contribution < 1.29 is 8.42 Å². The summed E-state index contributed by atoms with van der Waals surface area (Å²) in [4.78, 5) is 0.404. The Morgan fingerprint density at radius 2 is 2.12 bits per heavy atom. The van der Waals surface area contributed by atoms with Gasteiger partial charge in [0.25, 0.3) is 0 Å². The summed E-state index contributed by atoms with van der Waals surface area (Å²) in [6, 6.07) is 7.20. The second-order valence-electron chi connectivity index (χ2n) is 3.82. The molecule has 0 aliphatic carbocycles. The normalized spacial score (nSPS) is 11.3. The smallest absolute Gasteiger partial charge is 0.181 e. The van der Waals surface area contributed by atoms with E-state index < -0.39 is 9.84 Å². The van der Waals surface area contributed by atoms with Crippen molar-refractivity contribution in [2.75, 3.05) is 5.75 Å². The Bertz CT molecular complexity index is 447. The van der Waals surface area contributed by atoms with Crippen LogP contribution in [0.25, 0.3) is 0 Å². The molecule has 0 unspecified atom stereocenters. The highest BCUT2D eigenvalue weighted by Crippen LogP contribution is 2.15. The van der Waals surface area contributed by atoms with E-state index in [1.54, 1.807) is 18.2 Å². The van der Waals surface area contributed by atoms with Crippen LogP contribution in [0.1, 0.15) is 25.3 Å². The van der Waals surface area contributed by atoms with E-state index in [1.165, 1.54) is 6.08 Å². The molecular weight excluding hydrogens is 220 g/mol. The maximum absolute atomic E-state index is 11.8. The summed E-state index contributed by atoms with van der Waals surface area (Å²) >= 11 is 0. The second-order valence-corrected chi connectivity index (χ2v) is 5.86. The molecule has 0 N–H and O–H groups in total. The van der Waals surface area contributed by atoms with Crippen LogP contribution in [0.3, 0.4) is 0 Å². The van der Waals surface area contributed by atoms with E-state index in [9.17, 15) is 8.42 Å². The van der Waals surface area contributed by atoms with Crippen LogP contribution in [0.2, 0.25) is 0 Å². The Labute approximate surface area is 97.9 Å². The SMILES string of the molecule is C=CCS(=O)(=O)c1cccc(CCCC)c1. The number of unbranched alkanes of at least 4 members (excludes halogenated alkanes) is 1. The molecule has 0 bridgehead atoms. The summed E-state index contributed by atoms with van der Waals surface area (Å²) in [6.07, 6.45) is 4.57. The van der Waals surface area contributed by atoms with Crippen LogP contribution in [0.4, 0.5) is 0 Å². The molecule has 0 fully saturated rings. The van der Waals surface area contributed by atoms with Crippen molar-refractivity contribution in [2.45, 2.75) is 31.1 Å². The molecule has 16 heavy (non-hydrogen) atoms. The summed E-state index contributed by atoms with van der Waals surface area (Å²) < 4.78 is 23.6. The minimum absolute atomic E-state index is 0.00420. The number of rotatable bonds is 6. The molecule has 0 radical (unpaired) electrons. The minimum atomic E-state index is -3.18. The van der Waals surface area contributed by atoms with Gasteiger partial charge < -0.3 is 0 Å². The molecule has 0 spiro atoms. The second kappa shape index (κ2) is 5.85. The molecule has 0 heterocycles. The first-order chi connectivity index (χ1) is 7.60. The van der Waals surface area contributed by atoms with Crippen LogP contribution in [-0.4, -0.2) is 14.2 Å². The summed E-state index contributed by atoms with van der Waals surface area (Å²) in [5.41, 5.74) is 1.09. The van der Waals surface area contributed by atoms with E-state index in [-0.39, 0.29) is 5.75 Å². The summed E-state index contributed by atoms with van der Waals surface area (Å²) in [5, 5.41) is 0. The molecule has 0 aliphatic rings. The molecular formula is C13H18O2S. The molecule has 0 atom stereocenters. The molecule has 0 amide bonds. The molecule has 1 rings (SSSR count). The Kier molecular flexibility index (Phi) is 4.74. The topological polar surface area (TPSA) is 34.1 Å². The number of hydrogen-bond acceptors (Lipinski definition) is 2. The summed E-state index contributed by atoms with van der Waals surface area (Å²) in [7, 11) is -3.18. The molecule has 0 aliphatic heterocycles. The highest BCUT2D eigenvalue weighted by molar-refractivity contribution is 7.91. The zero-order valence-electron chi connectivity index (χ0n) is 9.65. The maximum Gasteiger partial charge on any atom is 0.181 e. The Morgan fingerprint density at radius 1 is 1.38 bits per heavy atom. The van der Waals surface area contributed by atoms with Gasteiger partial charge in [-0.2, -0.15) is 0 Å². The molecule has 0 saturated carbocycles. The number of benzene rings is 1. The fourth-order valence-electron chi connectivity index (χ4n) is 1.53. The lowest BCUT2D eigenvalue weighted by molar-refractivity contribution is 0.599. The monoisotopic (exact) mass is 238 g/mol. The van der Waals surface area contributed by atoms with E-state index in [0.29, 0.717) is 4.90 Å². The van der Waals surface area contributed by atoms with Crippen molar-refractivity contribution in [3.8, 4) is 0 Å². The van der Waals surface area contributed by atoms with Gasteiger partial charge in [-0.25, -0.2) is 8.42 Å². The summed E-state index contributed by atoms with van der Waals surface area (Å²) in [5.74, 6) is 0.00420. The van der Waals surface area contributed by atoms with Crippen molar-refractivity contribution >= 4 is 9.84 Å². The van der Waals surface area contributed by atoms with Crippen molar-refractivity contribution in [1.29, 1.82) is 0 Å². The molecule has 0 aromatic heterocycles. The van der Waals surface area contributed by atoms with Crippen LogP contribution < -0.4 is 0 Å². The van der Waals surface area contributed by atoms with Gasteiger partial charge in [0.05, 0.1) is 10.6 Å². The van der Waals surface area contributed by atoms with E-state index in [1.807, 2.05) is 6.07 Å². The maximum atomic E-state index is 11.8. The molecule has 0 saturated heterocycles. The standard InChI is InChI=1S/C13H18O2S/c1-3-5-7-12-8-6-9-13(11-12)16(14,15)10-4-2/h4,6,8-9,11H,2-3,5,7,10H2,1H3. The number of aryl methyl sites for hydroxylation is 1. The van der Waals surface area contributed by atoms with E-state index >= 15 is 0 Å². The van der Waals surface area contributed by atoms with Gasteiger partial charge in [0.2, 0.25) is 0 Å². The molecule has 3 heteroatoms. The highest BCUT2D eigenvalue weighted by atomic mass is 32.2. The van der Waals surface area contributed by atoms with Crippen LogP contribution in [0.5, 0.6) is 0 Å². The molecule has 1 aromatic carbocycles. The number of hydrogen-bond donors (Lipinski definition) is 0. The zero-order chi connectivity index (χ0) is 12.0. The average Bonchev–Trinajstić information content (AvgIpc) is 2.27. The van der Waals surface area contributed by atoms with Gasteiger partial charge in [0.15, 0.2) is 9.84 Å². The van der Waals surface area contributed by atoms with E-state index in [4.69, 9.17) is 0 Å². The predicted molar refractivity (Wildman–Crippen MR) is 67.3 cm³/mol. The van der Waals surface area contributed by atoms with Crippen molar-refractivity contribution in [2.24, 2.45) is 0 Å². The predicted octanol–water partition coefficient (Wildman–Crippen LogP) is 2.99. The van der Waals surface area contributed by atoms with Gasteiger partial charge in [-0.05, 0) is 30.5 Å². The third-order valence-electron chi connectivity index (χ3n) is 2.41. The lowest BCUT2D eigenvalue weighted by Crippen LogP contribution is -2.04. The zero-order valence-corrected chi connectivity index (χ0v) is 10.5. The van der Waals surface area contributed by atoms with Crippen LogP contribution in [-0.2, 0) is 16.3 Å². The Balaban J connectivity index is 2.93. The lowest BCUT2D eigenvalue weighted by Gasteiger charge is -2.04. The van der Waals surface area contributed by atoms with Crippen molar-refractivity contribution in [3.05, 3.63) is 42.5 Å². The van der Waals surface area contributed by atoms with E-state index in [0.717, 1.165) is 24.8 Å². The van der Waals surface area contributed by atoms with E-state index in [2.05, 4.69) is 13.5 Å². The van der Waals surface area contributed by atoms with Gasteiger partial charge in [-0.3, -0.25) is 0 Å². The first-order valence-corrected chi connectivity index (χ1v) is 7.18. The lowest BCUT2D eigenvalue weighted by atomic mass is 10.1. The third kappa shape index (κ3) is 3.49. The molecule has 2 nitrogen and oxygen atoms in total. The Hall–Kier alpha value is -1.09. The molecule has 1 aromatic rings. The highest BCUT2D eigenvalue weighted by Gasteiger charge is 2.12. The fourth-order valence-corrected chi connectivity index (χ4v) is 2.65. The number of sulfone groups is 1. The minimum Gasteiger partial charge on any atom is -0.223 e. The van der Waals surface area contributed by atoms with Crippen LogP contribution in [0.15, 0.2) is 41.8 Å². The fraction of sp³-hybridized carbons (Fsp3) is 0.385. The first-order valence-electron chi connectivity index (χ1n) is 5.52. The van der Waals surface area contributed by atoms with Crippen LogP contribution in [0, 0.1) is 0 Å². The van der Waals surface area contributed by atoms with Crippen molar-refractivity contribution in [1.82, 2.24) is 0 Å². The van der Waals surface area contributed by atoms with Gasteiger partial charge in [-0.15, -0.1) is 6.58 Å². The summed E-state index contributed by atoms with van der Waals surface area (Å²) in [6.45, 7) is 5.59. The van der Waals surface area contributed by atoms with Crippen molar-refractivity contribution in [3.63, 3.8) is 0 Å². The Morgan fingerprint density at radius 3 is 2.75 bits per heavy atom. The van der Waals surface area contributed by atoms with Gasteiger partial charge in [0.1, 0.15) is 0 Å². The van der Waals surface area contributed by atoms with Gasteiger partial charge >= 0.3 is 0 Å². The third-order valence-corrected chi connectivity index (χ3v) is 4.06. The van der Waals surface area contributed by atoms with Gasteiger partial charge in [0, 0.05) is 0 Å². The quantitative estimate of drug-likeness (QED) is 0.714. The average molecular weight is 238 g/mol. The largest absolute Gasteiger partial charge is 0.223 e. The van der Waals surface area contributed by atoms with Gasteiger partial charge in [-0.1, -0.05) is 31.6 Å². The molecule has 88 valence electrons. The van der Waals surface area contributed by atoms with Crippen LogP contribution >= 0.6 is 0 Å².